The van der Waals surface area contributed by atoms with Crippen LogP contribution in [0.2, 0.25) is 0 Å². The van der Waals surface area contributed by atoms with Crippen LogP contribution in [0.1, 0.15) is 11.8 Å². The summed E-state index contributed by atoms with van der Waals surface area (Å²) in [6, 6.07) is 13.5. The molecule has 0 saturated carbocycles. The molecule has 0 amide bonds. The third-order valence-corrected chi connectivity index (χ3v) is 5.07. The fourth-order valence-corrected chi connectivity index (χ4v) is 3.64. The number of aryl methyl sites for hydroxylation is 1. The Kier molecular flexibility index (Phi) is 3.35. The molecule has 2 heterocycles. The second-order valence-electron chi connectivity index (χ2n) is 5.31. The van der Waals surface area contributed by atoms with Gasteiger partial charge in [0.2, 0.25) is 0 Å². The lowest BCUT2D eigenvalue weighted by Crippen LogP contribution is -1.95. The van der Waals surface area contributed by atoms with E-state index in [0.717, 1.165) is 38.9 Å². The zero-order valence-corrected chi connectivity index (χ0v) is 13.4. The molecule has 0 bridgehead atoms. The molecular weight excluding hydrogens is 306 g/mol. The van der Waals surface area contributed by atoms with Crippen LogP contribution in [-0.2, 0) is 6.42 Å². The number of phenolic OH excluding ortho intramolecular Hbond substituents is 1. The van der Waals surface area contributed by atoms with Gasteiger partial charge in [-0.05, 0) is 24.6 Å². The van der Waals surface area contributed by atoms with Crippen LogP contribution in [0.5, 0.6) is 5.75 Å². The Morgan fingerprint density at radius 3 is 2.74 bits per heavy atom. The Balaban J connectivity index is 1.85. The minimum atomic E-state index is 0.280. The van der Waals surface area contributed by atoms with E-state index in [9.17, 15) is 5.11 Å². The molecule has 0 unspecified atom stereocenters. The molecule has 0 saturated heterocycles. The van der Waals surface area contributed by atoms with E-state index in [-0.39, 0.29) is 5.75 Å². The van der Waals surface area contributed by atoms with E-state index in [4.69, 9.17) is 0 Å². The maximum absolute atomic E-state index is 10.0. The molecule has 114 valence electrons. The Morgan fingerprint density at radius 1 is 1.04 bits per heavy atom. The molecule has 0 radical (unpaired) electrons. The molecule has 0 aliphatic heterocycles. The first kappa shape index (κ1) is 14.0. The molecule has 0 spiro atoms. The van der Waals surface area contributed by atoms with Gasteiger partial charge in [0, 0.05) is 21.3 Å². The summed E-state index contributed by atoms with van der Waals surface area (Å²) in [5, 5.41) is 16.2. The van der Waals surface area contributed by atoms with Crippen LogP contribution in [-0.4, -0.2) is 15.1 Å². The fourth-order valence-electron chi connectivity index (χ4n) is 2.71. The van der Waals surface area contributed by atoms with Crippen LogP contribution in [0, 0.1) is 0 Å². The summed E-state index contributed by atoms with van der Waals surface area (Å²) < 4.78 is 0. The van der Waals surface area contributed by atoms with Crippen molar-refractivity contribution in [2.45, 2.75) is 13.3 Å². The normalized spacial score (nSPS) is 11.2. The molecule has 4 aromatic rings. The Morgan fingerprint density at radius 2 is 1.87 bits per heavy atom. The van der Waals surface area contributed by atoms with E-state index in [2.05, 4.69) is 28.3 Å². The number of hydrogen-bond donors (Lipinski definition) is 2. The van der Waals surface area contributed by atoms with E-state index in [0.29, 0.717) is 0 Å². The number of thiophene rings is 1. The van der Waals surface area contributed by atoms with Gasteiger partial charge in [-0.3, -0.25) is 0 Å². The average molecular weight is 321 g/mol. The Bertz CT molecular complexity index is 1010. The lowest BCUT2D eigenvalue weighted by molar-refractivity contribution is 0.481. The third-order valence-electron chi connectivity index (χ3n) is 3.88. The van der Waals surface area contributed by atoms with Crippen molar-refractivity contribution in [2.24, 2.45) is 0 Å². The third kappa shape index (κ3) is 2.39. The van der Waals surface area contributed by atoms with E-state index in [1.54, 1.807) is 23.7 Å². The van der Waals surface area contributed by atoms with E-state index in [1.807, 2.05) is 30.3 Å². The highest BCUT2D eigenvalue weighted by Crippen LogP contribution is 2.34. The van der Waals surface area contributed by atoms with E-state index >= 15 is 0 Å². The number of phenols is 1. The predicted molar refractivity (Wildman–Crippen MR) is 95.7 cm³/mol. The smallest absolute Gasteiger partial charge is 0.142 e. The highest BCUT2D eigenvalue weighted by atomic mass is 32.1. The van der Waals surface area contributed by atoms with Gasteiger partial charge < -0.3 is 10.4 Å². The number of anilines is 2. The number of aromatic hydroxyl groups is 1. The Labute approximate surface area is 137 Å². The Hall–Kier alpha value is -2.66. The number of benzene rings is 2. The van der Waals surface area contributed by atoms with Gasteiger partial charge in [-0.25, -0.2) is 9.97 Å². The van der Waals surface area contributed by atoms with E-state index in [1.165, 1.54) is 4.88 Å². The van der Waals surface area contributed by atoms with Gasteiger partial charge >= 0.3 is 0 Å². The molecule has 4 nitrogen and oxygen atoms in total. The molecule has 23 heavy (non-hydrogen) atoms. The average Bonchev–Trinajstić information content (AvgIpc) is 3.00. The number of rotatable bonds is 3. The van der Waals surface area contributed by atoms with Gasteiger partial charge in [0.1, 0.15) is 22.7 Å². The van der Waals surface area contributed by atoms with Gasteiger partial charge in [-0.1, -0.05) is 31.2 Å². The number of aromatic nitrogens is 2. The SMILES string of the molecule is CCc1cc2c(Nc3cccc4c(O)cccc34)ncnc2s1. The summed E-state index contributed by atoms with van der Waals surface area (Å²) >= 11 is 1.70. The lowest BCUT2D eigenvalue weighted by Gasteiger charge is -2.10. The van der Waals surface area contributed by atoms with Crippen LogP contribution in [0.25, 0.3) is 21.0 Å². The van der Waals surface area contributed by atoms with Crippen molar-refractivity contribution < 1.29 is 5.11 Å². The zero-order valence-electron chi connectivity index (χ0n) is 12.6. The standard InChI is InChI=1S/C18H15N3OS/c1-2-11-9-14-17(19-10-20-18(14)23-11)21-15-7-3-6-13-12(15)5-4-8-16(13)22/h3-10,22H,2H2,1H3,(H,19,20,21). The molecular formula is C18H15N3OS. The summed E-state index contributed by atoms with van der Waals surface area (Å²) in [5.74, 6) is 1.07. The summed E-state index contributed by atoms with van der Waals surface area (Å²) in [4.78, 5) is 11.0. The van der Waals surface area contributed by atoms with Crippen LogP contribution < -0.4 is 5.32 Å². The van der Waals surface area contributed by atoms with Crippen molar-refractivity contribution in [2.75, 3.05) is 5.32 Å². The lowest BCUT2D eigenvalue weighted by atomic mass is 10.1. The molecule has 0 atom stereocenters. The molecule has 4 rings (SSSR count). The van der Waals surface area contributed by atoms with Crippen LogP contribution in [0.15, 0.2) is 48.8 Å². The maximum Gasteiger partial charge on any atom is 0.142 e. The van der Waals surface area contributed by atoms with Crippen molar-refractivity contribution in [3.8, 4) is 5.75 Å². The minimum Gasteiger partial charge on any atom is -0.507 e. The van der Waals surface area contributed by atoms with E-state index < -0.39 is 0 Å². The first-order valence-corrected chi connectivity index (χ1v) is 8.29. The molecule has 0 aliphatic carbocycles. The highest BCUT2D eigenvalue weighted by Gasteiger charge is 2.10. The van der Waals surface area contributed by atoms with Crippen molar-refractivity contribution in [1.29, 1.82) is 0 Å². The van der Waals surface area contributed by atoms with Crippen LogP contribution in [0.4, 0.5) is 11.5 Å². The molecule has 5 heteroatoms. The van der Waals surface area contributed by atoms with Gasteiger partial charge in [0.15, 0.2) is 0 Å². The largest absolute Gasteiger partial charge is 0.507 e. The van der Waals surface area contributed by atoms with Gasteiger partial charge in [0.25, 0.3) is 0 Å². The van der Waals surface area contributed by atoms with Crippen molar-refractivity contribution in [3.05, 3.63) is 53.7 Å². The first-order valence-electron chi connectivity index (χ1n) is 7.47. The number of hydrogen-bond acceptors (Lipinski definition) is 5. The molecule has 2 N–H and O–H groups in total. The quantitative estimate of drug-likeness (QED) is 0.566. The topological polar surface area (TPSA) is 58.0 Å². The van der Waals surface area contributed by atoms with Gasteiger partial charge in [-0.15, -0.1) is 11.3 Å². The van der Waals surface area contributed by atoms with Crippen molar-refractivity contribution >= 4 is 43.8 Å². The molecule has 2 aromatic heterocycles. The summed E-state index contributed by atoms with van der Waals surface area (Å²) in [6.07, 6.45) is 2.58. The summed E-state index contributed by atoms with van der Waals surface area (Å²) in [6.45, 7) is 2.14. The highest BCUT2D eigenvalue weighted by molar-refractivity contribution is 7.18. The first-order chi connectivity index (χ1) is 11.3. The van der Waals surface area contributed by atoms with Gasteiger partial charge in [-0.2, -0.15) is 0 Å². The molecule has 0 aliphatic rings. The maximum atomic E-state index is 10.0. The fraction of sp³-hybridized carbons (Fsp3) is 0.111. The predicted octanol–water partition coefficient (Wildman–Crippen LogP) is 4.86. The second-order valence-corrected chi connectivity index (χ2v) is 6.43. The number of nitrogens with one attached hydrogen (secondary N) is 1. The summed E-state index contributed by atoms with van der Waals surface area (Å²) in [7, 11) is 0. The van der Waals surface area contributed by atoms with Crippen molar-refractivity contribution in [1.82, 2.24) is 9.97 Å². The monoisotopic (exact) mass is 321 g/mol. The number of fused-ring (bicyclic) bond motifs is 2. The van der Waals surface area contributed by atoms with Crippen LogP contribution in [0.3, 0.4) is 0 Å². The molecule has 0 fully saturated rings. The molecule has 2 aromatic carbocycles. The minimum absolute atomic E-state index is 0.280. The van der Waals surface area contributed by atoms with Crippen molar-refractivity contribution in [3.63, 3.8) is 0 Å². The van der Waals surface area contributed by atoms with Gasteiger partial charge in [0.05, 0.1) is 5.39 Å². The zero-order chi connectivity index (χ0) is 15.8. The summed E-state index contributed by atoms with van der Waals surface area (Å²) in [5.41, 5.74) is 0.919. The number of nitrogens with zero attached hydrogens (tertiary/aromatic N) is 2. The second kappa shape index (κ2) is 5.52. The van der Waals surface area contributed by atoms with Crippen LogP contribution >= 0.6 is 11.3 Å².